The molecule has 0 atom stereocenters. The molecular formula is C23H15N5OS. The number of nitrogens with one attached hydrogen (secondary N) is 3. The van der Waals surface area contributed by atoms with E-state index in [1.807, 2.05) is 24.3 Å². The Morgan fingerprint density at radius 2 is 2.10 bits per heavy atom. The molecule has 0 saturated heterocycles. The fourth-order valence-electron chi connectivity index (χ4n) is 3.32. The average molecular weight is 409 g/mol. The summed E-state index contributed by atoms with van der Waals surface area (Å²) >= 11 is 1.62. The number of H-pyrrole nitrogens is 1. The number of aromatic amines is 1. The van der Waals surface area contributed by atoms with Crippen molar-refractivity contribution in [3.63, 3.8) is 0 Å². The number of carbonyl (C=O) groups excluding carboxylic acids is 1. The molecule has 30 heavy (non-hydrogen) atoms. The van der Waals surface area contributed by atoms with E-state index in [2.05, 4.69) is 39.6 Å². The minimum Gasteiger partial charge on any atom is -0.398 e. The molecule has 0 aliphatic carbocycles. The first kappa shape index (κ1) is 17.9. The smallest absolute Gasteiger partial charge is 0.291 e. The van der Waals surface area contributed by atoms with Crippen molar-refractivity contribution >= 4 is 56.0 Å². The molecule has 1 amide bonds. The summed E-state index contributed by atoms with van der Waals surface area (Å²) < 4.78 is 1.15. The van der Waals surface area contributed by atoms with E-state index in [0.29, 0.717) is 28.0 Å². The summed E-state index contributed by atoms with van der Waals surface area (Å²) in [4.78, 5) is 21.0. The van der Waals surface area contributed by atoms with E-state index in [9.17, 15) is 4.79 Å². The van der Waals surface area contributed by atoms with Crippen LogP contribution in [0.15, 0.2) is 54.6 Å². The van der Waals surface area contributed by atoms with Gasteiger partial charge in [0, 0.05) is 38.3 Å². The minimum atomic E-state index is -0.386. The van der Waals surface area contributed by atoms with Gasteiger partial charge in [0.1, 0.15) is 5.52 Å². The number of hydrogen-bond acceptors (Lipinski definition) is 5. The lowest BCUT2D eigenvalue weighted by atomic mass is 10.0. The van der Waals surface area contributed by atoms with Crippen LogP contribution >= 0.6 is 11.3 Å². The second-order valence-corrected chi connectivity index (χ2v) is 7.81. The number of thiophene rings is 1. The maximum atomic E-state index is 12.7. The van der Waals surface area contributed by atoms with Crippen molar-refractivity contribution in [2.45, 2.75) is 0 Å². The van der Waals surface area contributed by atoms with Crippen molar-refractivity contribution in [3.05, 3.63) is 78.1 Å². The Kier molecular flexibility index (Phi) is 4.20. The van der Waals surface area contributed by atoms with E-state index >= 15 is 0 Å². The number of nitrogens with two attached hydrogens (primary N) is 1. The van der Waals surface area contributed by atoms with Crippen molar-refractivity contribution in [1.82, 2.24) is 9.97 Å². The van der Waals surface area contributed by atoms with E-state index in [0.717, 1.165) is 20.5 Å². The Morgan fingerprint density at radius 3 is 2.90 bits per heavy atom. The first-order chi connectivity index (χ1) is 14.6. The van der Waals surface area contributed by atoms with Crippen LogP contribution in [-0.2, 0) is 0 Å². The van der Waals surface area contributed by atoms with Crippen LogP contribution in [0.1, 0.15) is 16.2 Å². The van der Waals surface area contributed by atoms with Crippen LogP contribution in [0.3, 0.4) is 0 Å². The summed E-state index contributed by atoms with van der Waals surface area (Å²) in [6.07, 6.45) is 1.19. The Hall–Kier alpha value is -4.15. The summed E-state index contributed by atoms with van der Waals surface area (Å²) in [5.41, 5.74) is 9.94. The van der Waals surface area contributed by atoms with Crippen molar-refractivity contribution in [1.29, 1.82) is 5.41 Å². The lowest BCUT2D eigenvalue weighted by molar-refractivity contribution is 0.101. The summed E-state index contributed by atoms with van der Waals surface area (Å²) in [6, 6.07) is 22.8. The van der Waals surface area contributed by atoms with Crippen molar-refractivity contribution in [3.8, 4) is 10.4 Å². The first-order valence-electron chi connectivity index (χ1n) is 9.15. The molecule has 5 aromatic rings. The summed E-state index contributed by atoms with van der Waals surface area (Å²) in [5.74, 6) is -0.208. The van der Waals surface area contributed by atoms with Gasteiger partial charge >= 0.3 is 0 Å². The van der Waals surface area contributed by atoms with Crippen molar-refractivity contribution in [2.75, 3.05) is 11.1 Å². The van der Waals surface area contributed by atoms with E-state index in [4.69, 9.17) is 11.1 Å². The number of anilines is 2. The highest BCUT2D eigenvalue weighted by Crippen LogP contribution is 2.38. The number of aromatic nitrogens is 2. The molecular weight excluding hydrogens is 394 g/mol. The van der Waals surface area contributed by atoms with Crippen LogP contribution < -0.4 is 11.1 Å². The van der Waals surface area contributed by atoms with E-state index < -0.39 is 0 Å². The van der Waals surface area contributed by atoms with Crippen LogP contribution in [0, 0.1) is 17.5 Å². The Balaban J connectivity index is 1.54. The molecule has 0 aliphatic rings. The zero-order valence-corrected chi connectivity index (χ0v) is 16.4. The average Bonchev–Trinajstić information content (AvgIpc) is 3.39. The molecule has 0 aliphatic heterocycles. The lowest BCUT2D eigenvalue weighted by Gasteiger charge is -2.11. The summed E-state index contributed by atoms with van der Waals surface area (Å²) in [5, 5.41) is 11.7. The zero-order valence-electron chi connectivity index (χ0n) is 15.6. The molecule has 0 fully saturated rings. The van der Waals surface area contributed by atoms with Crippen molar-refractivity contribution in [2.24, 2.45) is 0 Å². The number of imidazole rings is 1. The van der Waals surface area contributed by atoms with Crippen LogP contribution in [0.25, 0.3) is 31.6 Å². The summed E-state index contributed by atoms with van der Waals surface area (Å²) in [6.45, 7) is 0. The fourth-order valence-corrected chi connectivity index (χ4v) is 4.41. The molecule has 0 unspecified atom stereocenters. The van der Waals surface area contributed by atoms with Gasteiger partial charge in [-0.15, -0.1) is 11.3 Å². The highest BCUT2D eigenvalue weighted by atomic mass is 32.1. The Morgan fingerprint density at radius 1 is 1.23 bits per heavy atom. The summed E-state index contributed by atoms with van der Waals surface area (Å²) in [7, 11) is 0. The van der Waals surface area contributed by atoms with Gasteiger partial charge in [0.25, 0.3) is 5.91 Å². The van der Waals surface area contributed by atoms with Gasteiger partial charge in [-0.2, -0.15) is 0 Å². The van der Waals surface area contributed by atoms with Gasteiger partial charge in [-0.1, -0.05) is 24.3 Å². The van der Waals surface area contributed by atoms with Gasteiger partial charge in [0.05, 0.1) is 5.52 Å². The molecule has 7 heteroatoms. The third kappa shape index (κ3) is 3.05. The van der Waals surface area contributed by atoms with Crippen molar-refractivity contribution < 1.29 is 4.79 Å². The number of nitrogen functional groups attached to an aromatic ring is 1. The van der Waals surface area contributed by atoms with Crippen LogP contribution in [-0.4, -0.2) is 22.1 Å². The molecule has 144 valence electrons. The number of hydrogen-bond donors (Lipinski definition) is 4. The van der Waals surface area contributed by atoms with E-state index in [-0.39, 0.29) is 11.7 Å². The highest BCUT2D eigenvalue weighted by Gasteiger charge is 2.16. The van der Waals surface area contributed by atoms with Gasteiger partial charge in [-0.25, -0.2) is 4.98 Å². The minimum absolute atomic E-state index is 0.178. The largest absolute Gasteiger partial charge is 0.398 e. The molecule has 5 N–H and O–H groups in total. The monoisotopic (exact) mass is 409 g/mol. The van der Waals surface area contributed by atoms with Crippen LogP contribution in [0.4, 0.5) is 11.4 Å². The third-order valence-corrected chi connectivity index (χ3v) is 5.93. The third-order valence-electron chi connectivity index (χ3n) is 4.78. The lowest BCUT2D eigenvalue weighted by Crippen LogP contribution is -2.14. The SMILES string of the molecule is N=Cc1cc(NC(=O)c2nc3ccc#cc3[nH]2)cc(-c2cc3ccccc3s2)c1N. The second-order valence-electron chi connectivity index (χ2n) is 6.72. The molecule has 3 aromatic carbocycles. The van der Waals surface area contributed by atoms with E-state index in [1.165, 1.54) is 6.21 Å². The topological polar surface area (TPSA) is 108 Å². The maximum Gasteiger partial charge on any atom is 0.291 e. The number of carbonyl (C=O) groups is 1. The van der Waals surface area contributed by atoms with Gasteiger partial charge in [0.2, 0.25) is 0 Å². The molecule has 2 heterocycles. The second kappa shape index (κ2) is 7.03. The van der Waals surface area contributed by atoms with E-state index in [1.54, 1.807) is 29.5 Å². The molecule has 0 spiro atoms. The molecule has 0 bridgehead atoms. The normalized spacial score (nSPS) is 10.8. The van der Waals surface area contributed by atoms with Gasteiger partial charge < -0.3 is 21.4 Å². The Bertz CT molecular complexity index is 1370. The van der Waals surface area contributed by atoms with Gasteiger partial charge in [-0.3, -0.25) is 4.79 Å². The quantitative estimate of drug-likeness (QED) is 0.251. The van der Waals surface area contributed by atoms with Crippen LogP contribution in [0.5, 0.6) is 0 Å². The standard InChI is InChI=1S/C23H15N5OS/c24-12-14-9-15(26-23(29)22-27-17-6-2-3-7-18(17)28-22)11-16(21(14)25)20-10-13-5-1-4-8-19(13)30-20/h1-2,4-6,8-12,24H,25H2,(H,26,29)(H,27,28). The molecule has 5 rings (SSSR count). The molecule has 0 saturated carbocycles. The number of fused-ring (bicyclic) bond motifs is 2. The van der Waals surface area contributed by atoms with Gasteiger partial charge in [-0.05, 0) is 47.9 Å². The fraction of sp³-hybridized carbons (Fsp3) is 0. The maximum absolute atomic E-state index is 12.7. The Labute approximate surface area is 175 Å². The number of nitrogens with zero attached hydrogens (tertiary/aromatic N) is 1. The molecule has 2 aromatic heterocycles. The number of amides is 1. The van der Waals surface area contributed by atoms with Crippen LogP contribution in [0.2, 0.25) is 0 Å². The predicted octanol–water partition coefficient (Wildman–Crippen LogP) is 4.88. The molecule has 0 radical (unpaired) electrons. The zero-order chi connectivity index (χ0) is 20.7. The highest BCUT2D eigenvalue weighted by molar-refractivity contribution is 7.22. The van der Waals surface area contributed by atoms with Gasteiger partial charge in [0.15, 0.2) is 5.82 Å². The number of benzene rings is 2. The molecule has 6 nitrogen and oxygen atoms in total. The first-order valence-corrected chi connectivity index (χ1v) is 9.96. The predicted molar refractivity (Wildman–Crippen MR) is 121 cm³/mol. The number of rotatable bonds is 4.